The van der Waals surface area contributed by atoms with Gasteiger partial charge in [0.15, 0.2) is 0 Å². The Morgan fingerprint density at radius 1 is 1.04 bits per heavy atom. The van der Waals surface area contributed by atoms with Gasteiger partial charge in [-0.25, -0.2) is 0 Å². The zero-order chi connectivity index (χ0) is 17.9. The van der Waals surface area contributed by atoms with Crippen LogP contribution in [0.1, 0.15) is 29.9 Å². The maximum absolute atomic E-state index is 12.7. The first kappa shape index (κ1) is 17.3. The lowest BCUT2D eigenvalue weighted by Gasteiger charge is -2.32. The van der Waals surface area contributed by atoms with Crippen molar-refractivity contribution in [2.24, 2.45) is 0 Å². The van der Waals surface area contributed by atoms with Gasteiger partial charge in [-0.3, -0.25) is 4.79 Å². The quantitative estimate of drug-likeness (QED) is 0.814. The summed E-state index contributed by atoms with van der Waals surface area (Å²) < 4.78 is 40.4. The molecule has 2 aromatic rings. The van der Waals surface area contributed by atoms with Crippen molar-refractivity contribution in [1.82, 2.24) is 4.90 Å². The molecule has 1 fully saturated rings. The van der Waals surface area contributed by atoms with Gasteiger partial charge in [-0.1, -0.05) is 42.5 Å². The van der Waals surface area contributed by atoms with Gasteiger partial charge in [0, 0.05) is 13.1 Å². The van der Waals surface area contributed by atoms with E-state index >= 15 is 0 Å². The van der Waals surface area contributed by atoms with Gasteiger partial charge in [-0.05, 0) is 36.1 Å². The second-order valence-electron chi connectivity index (χ2n) is 6.06. The van der Waals surface area contributed by atoms with Crippen molar-refractivity contribution in [3.05, 3.63) is 65.7 Å². The van der Waals surface area contributed by atoms with E-state index < -0.39 is 6.36 Å². The molecule has 0 N–H and O–H groups in total. The van der Waals surface area contributed by atoms with Gasteiger partial charge >= 0.3 is 6.36 Å². The minimum atomic E-state index is -4.70. The fourth-order valence-electron chi connectivity index (χ4n) is 3.11. The maximum atomic E-state index is 12.7. The summed E-state index contributed by atoms with van der Waals surface area (Å²) in [5.74, 6) is -0.348. The average Bonchev–Trinajstić information content (AvgIpc) is 2.58. The van der Waals surface area contributed by atoms with Crippen LogP contribution in [0.3, 0.4) is 0 Å². The van der Waals surface area contributed by atoms with Crippen molar-refractivity contribution in [3.63, 3.8) is 0 Å². The summed E-state index contributed by atoms with van der Waals surface area (Å²) in [4.78, 5) is 14.5. The molecule has 1 aliphatic rings. The fourth-order valence-corrected chi connectivity index (χ4v) is 3.11. The lowest BCUT2D eigenvalue weighted by Crippen LogP contribution is -2.39. The highest BCUT2D eigenvalue weighted by Crippen LogP contribution is 2.29. The van der Waals surface area contributed by atoms with Crippen LogP contribution in [0.5, 0.6) is 5.75 Å². The summed E-state index contributed by atoms with van der Waals surface area (Å²) in [5, 5.41) is 0. The molecule has 2 aromatic carbocycles. The number of rotatable bonds is 4. The van der Waals surface area contributed by atoms with Crippen LogP contribution in [0.15, 0.2) is 54.6 Å². The predicted octanol–water partition coefficient (Wildman–Crippen LogP) is 4.49. The molecule has 1 saturated heterocycles. The lowest BCUT2D eigenvalue weighted by molar-refractivity contribution is -0.274. The van der Waals surface area contributed by atoms with Gasteiger partial charge in [0.2, 0.25) is 5.91 Å². The molecule has 0 aromatic heterocycles. The fraction of sp³-hybridized carbons (Fsp3) is 0.316. The number of alkyl halides is 3. The van der Waals surface area contributed by atoms with Crippen molar-refractivity contribution < 1.29 is 22.7 Å². The minimum absolute atomic E-state index is 0.0630. The van der Waals surface area contributed by atoms with Gasteiger partial charge < -0.3 is 9.64 Å². The molecule has 0 saturated carbocycles. The highest BCUT2D eigenvalue weighted by molar-refractivity contribution is 5.84. The van der Waals surface area contributed by atoms with Crippen molar-refractivity contribution in [3.8, 4) is 5.75 Å². The second-order valence-corrected chi connectivity index (χ2v) is 6.06. The van der Waals surface area contributed by atoms with Crippen LogP contribution in [0.4, 0.5) is 13.2 Å². The van der Waals surface area contributed by atoms with Crippen LogP contribution in [0.25, 0.3) is 0 Å². The Kier molecular flexibility index (Phi) is 4.97. The highest BCUT2D eigenvalue weighted by atomic mass is 19.4. The molecule has 1 amide bonds. The number of carbonyl (C=O) groups excluding carboxylic acids is 1. The summed E-state index contributed by atoms with van der Waals surface area (Å²) in [5.41, 5.74) is 1.78. The van der Waals surface area contributed by atoms with E-state index in [0.717, 1.165) is 24.0 Å². The number of likely N-dealkylation sites (tertiary alicyclic amines) is 1. The Balaban J connectivity index is 1.67. The average molecular weight is 349 g/mol. The van der Waals surface area contributed by atoms with Crippen LogP contribution in [0, 0.1) is 0 Å². The van der Waals surface area contributed by atoms with Crippen LogP contribution in [-0.2, 0) is 11.3 Å². The van der Waals surface area contributed by atoms with Gasteiger partial charge in [0.05, 0.1) is 5.92 Å². The number of carbonyl (C=O) groups is 1. The number of hydrogen-bond donors (Lipinski definition) is 0. The Morgan fingerprint density at radius 2 is 1.72 bits per heavy atom. The maximum Gasteiger partial charge on any atom is 0.573 e. The summed E-state index contributed by atoms with van der Waals surface area (Å²) >= 11 is 0. The Labute approximate surface area is 144 Å². The molecule has 0 spiro atoms. The van der Waals surface area contributed by atoms with E-state index in [9.17, 15) is 18.0 Å². The molecule has 0 bridgehead atoms. The van der Waals surface area contributed by atoms with Gasteiger partial charge in [-0.2, -0.15) is 0 Å². The highest BCUT2D eigenvalue weighted by Gasteiger charge is 2.31. The van der Waals surface area contributed by atoms with Gasteiger partial charge in [0.25, 0.3) is 0 Å². The van der Waals surface area contributed by atoms with E-state index in [1.165, 1.54) is 12.1 Å². The topological polar surface area (TPSA) is 29.5 Å². The molecule has 3 rings (SSSR count). The molecule has 132 valence electrons. The predicted molar refractivity (Wildman–Crippen MR) is 87.0 cm³/mol. The molecule has 0 radical (unpaired) electrons. The number of benzene rings is 2. The van der Waals surface area contributed by atoms with Crippen molar-refractivity contribution in [2.45, 2.75) is 31.7 Å². The van der Waals surface area contributed by atoms with E-state index in [1.807, 2.05) is 30.3 Å². The van der Waals surface area contributed by atoms with E-state index in [1.54, 1.807) is 17.0 Å². The zero-order valence-electron chi connectivity index (χ0n) is 13.5. The molecule has 0 aliphatic carbocycles. The van der Waals surface area contributed by atoms with E-state index in [-0.39, 0.29) is 17.6 Å². The summed E-state index contributed by atoms with van der Waals surface area (Å²) in [6, 6.07) is 15.3. The number of hydrogen-bond acceptors (Lipinski definition) is 2. The standard InChI is InChI=1S/C19H18F3NO2/c20-19(21,22)25-16-10-8-14(9-11-16)13-23-12-4-7-17(18(23)24)15-5-2-1-3-6-15/h1-3,5-6,8-11,17H,4,7,12-13H2. The molecular formula is C19H18F3NO2. The van der Waals surface area contributed by atoms with E-state index in [0.29, 0.717) is 13.1 Å². The minimum Gasteiger partial charge on any atom is -0.406 e. The van der Waals surface area contributed by atoms with Crippen LogP contribution in [0.2, 0.25) is 0 Å². The molecule has 25 heavy (non-hydrogen) atoms. The van der Waals surface area contributed by atoms with Crippen molar-refractivity contribution >= 4 is 5.91 Å². The summed E-state index contributed by atoms with van der Waals surface area (Å²) in [7, 11) is 0. The normalized spacial score (nSPS) is 18.3. The SMILES string of the molecule is O=C1C(c2ccccc2)CCCN1Cc1ccc(OC(F)(F)F)cc1. The number of piperidine rings is 1. The monoisotopic (exact) mass is 349 g/mol. The third kappa shape index (κ3) is 4.53. The second kappa shape index (κ2) is 7.17. The first-order chi connectivity index (χ1) is 11.9. The molecule has 6 heteroatoms. The zero-order valence-corrected chi connectivity index (χ0v) is 13.5. The molecule has 1 aliphatic heterocycles. The van der Waals surface area contributed by atoms with Gasteiger partial charge in [0.1, 0.15) is 5.75 Å². The third-order valence-electron chi connectivity index (χ3n) is 4.26. The number of nitrogens with zero attached hydrogens (tertiary/aromatic N) is 1. The van der Waals surface area contributed by atoms with Crippen LogP contribution < -0.4 is 4.74 Å². The summed E-state index contributed by atoms with van der Waals surface area (Å²) in [6.45, 7) is 1.04. The molecular weight excluding hydrogens is 331 g/mol. The first-order valence-electron chi connectivity index (χ1n) is 8.11. The van der Waals surface area contributed by atoms with Crippen molar-refractivity contribution in [1.29, 1.82) is 0 Å². The molecule has 1 unspecified atom stereocenters. The molecule has 3 nitrogen and oxygen atoms in total. The van der Waals surface area contributed by atoms with E-state index in [2.05, 4.69) is 4.74 Å². The number of amides is 1. The number of ether oxygens (including phenoxy) is 1. The Bertz CT molecular complexity index is 714. The third-order valence-corrected chi connectivity index (χ3v) is 4.26. The van der Waals surface area contributed by atoms with Crippen LogP contribution >= 0.6 is 0 Å². The number of halogens is 3. The smallest absolute Gasteiger partial charge is 0.406 e. The largest absolute Gasteiger partial charge is 0.573 e. The molecule has 1 atom stereocenters. The summed E-state index contributed by atoms with van der Waals surface area (Å²) in [6.07, 6.45) is -2.98. The Hall–Kier alpha value is -2.50. The Morgan fingerprint density at radius 3 is 2.36 bits per heavy atom. The lowest BCUT2D eigenvalue weighted by atomic mass is 9.89. The first-order valence-corrected chi connectivity index (χ1v) is 8.11. The van der Waals surface area contributed by atoms with E-state index in [4.69, 9.17) is 0 Å². The molecule has 1 heterocycles. The van der Waals surface area contributed by atoms with Crippen molar-refractivity contribution in [2.75, 3.05) is 6.54 Å². The van der Waals surface area contributed by atoms with Gasteiger partial charge in [-0.15, -0.1) is 13.2 Å². The van der Waals surface area contributed by atoms with Crippen LogP contribution in [-0.4, -0.2) is 23.7 Å².